The van der Waals surface area contributed by atoms with Gasteiger partial charge in [-0.05, 0) is 57.2 Å². The molecule has 0 unspecified atom stereocenters. The van der Waals surface area contributed by atoms with E-state index in [-0.39, 0.29) is 11.5 Å². The number of aromatic nitrogens is 3. The van der Waals surface area contributed by atoms with Gasteiger partial charge in [-0.2, -0.15) is 9.78 Å². The van der Waals surface area contributed by atoms with E-state index < -0.39 is 0 Å². The fourth-order valence-corrected chi connectivity index (χ4v) is 4.14. The fourth-order valence-electron chi connectivity index (χ4n) is 3.78. The van der Waals surface area contributed by atoms with Crippen LogP contribution in [0.5, 0.6) is 0 Å². The Morgan fingerprint density at radius 2 is 1.74 bits per heavy atom. The standard InChI is InChI=1S/C25H25BrN4O/c1-15(2)24-28-23-11-8-20(26)13-22(23)25(31)30(24)27-14-19-12-17(4)29(18(19)5)21-9-6-16(3)7-10-21/h6-15H,1-5H3. The highest BCUT2D eigenvalue weighted by molar-refractivity contribution is 9.10. The zero-order chi connectivity index (χ0) is 22.3. The Morgan fingerprint density at radius 1 is 1.03 bits per heavy atom. The molecule has 2 aromatic heterocycles. The SMILES string of the molecule is Cc1ccc(-n2c(C)cc(C=Nn3c(C(C)C)nc4ccc(Br)cc4c3=O)c2C)cc1. The third-order valence-electron chi connectivity index (χ3n) is 5.42. The molecule has 0 radical (unpaired) electrons. The minimum atomic E-state index is -0.168. The van der Waals surface area contributed by atoms with E-state index in [1.54, 1.807) is 12.3 Å². The van der Waals surface area contributed by atoms with Crippen molar-refractivity contribution in [3.8, 4) is 5.69 Å². The van der Waals surface area contributed by atoms with Gasteiger partial charge in [0.1, 0.15) is 5.82 Å². The Balaban J connectivity index is 1.83. The van der Waals surface area contributed by atoms with Gasteiger partial charge in [-0.25, -0.2) is 4.98 Å². The average molecular weight is 477 g/mol. The van der Waals surface area contributed by atoms with Gasteiger partial charge in [0.05, 0.1) is 17.1 Å². The Kier molecular flexibility index (Phi) is 5.67. The molecule has 0 aliphatic heterocycles. The zero-order valence-corrected chi connectivity index (χ0v) is 19.9. The van der Waals surface area contributed by atoms with E-state index >= 15 is 0 Å². The summed E-state index contributed by atoms with van der Waals surface area (Å²) in [5.74, 6) is 0.696. The highest BCUT2D eigenvalue weighted by atomic mass is 79.9. The first-order valence-corrected chi connectivity index (χ1v) is 11.1. The van der Waals surface area contributed by atoms with Gasteiger partial charge in [-0.3, -0.25) is 4.79 Å². The zero-order valence-electron chi connectivity index (χ0n) is 18.3. The molecule has 0 fully saturated rings. The molecule has 0 bridgehead atoms. The summed E-state index contributed by atoms with van der Waals surface area (Å²) in [4.78, 5) is 17.9. The van der Waals surface area contributed by atoms with Crippen LogP contribution in [0.2, 0.25) is 0 Å². The van der Waals surface area contributed by atoms with Crippen molar-refractivity contribution in [1.82, 2.24) is 14.2 Å². The molecule has 5 nitrogen and oxygen atoms in total. The van der Waals surface area contributed by atoms with Crippen LogP contribution < -0.4 is 5.56 Å². The van der Waals surface area contributed by atoms with E-state index in [1.807, 2.05) is 26.0 Å². The van der Waals surface area contributed by atoms with Crippen LogP contribution in [0, 0.1) is 20.8 Å². The fraction of sp³-hybridized carbons (Fsp3) is 0.240. The van der Waals surface area contributed by atoms with Gasteiger partial charge in [0.25, 0.3) is 5.56 Å². The molecule has 0 aliphatic carbocycles. The molecule has 2 heterocycles. The molecule has 0 amide bonds. The van der Waals surface area contributed by atoms with E-state index in [0.29, 0.717) is 16.7 Å². The summed E-state index contributed by atoms with van der Waals surface area (Å²) in [6, 6.07) is 16.1. The highest BCUT2D eigenvalue weighted by Crippen LogP contribution is 2.21. The highest BCUT2D eigenvalue weighted by Gasteiger charge is 2.15. The van der Waals surface area contributed by atoms with Crippen molar-refractivity contribution < 1.29 is 0 Å². The predicted molar refractivity (Wildman–Crippen MR) is 131 cm³/mol. The normalized spacial score (nSPS) is 11.8. The molecule has 0 spiro atoms. The van der Waals surface area contributed by atoms with Crippen molar-refractivity contribution in [3.05, 3.63) is 91.7 Å². The second-order valence-corrected chi connectivity index (χ2v) is 9.06. The number of benzene rings is 2. The molecule has 0 aliphatic rings. The van der Waals surface area contributed by atoms with Crippen molar-refractivity contribution in [2.24, 2.45) is 5.10 Å². The molecule has 0 saturated carbocycles. The molecule has 2 aromatic carbocycles. The van der Waals surface area contributed by atoms with Crippen LogP contribution in [0.1, 0.15) is 48.1 Å². The lowest BCUT2D eigenvalue weighted by Crippen LogP contribution is -2.23. The van der Waals surface area contributed by atoms with Gasteiger partial charge in [-0.1, -0.05) is 47.5 Å². The van der Waals surface area contributed by atoms with Crippen molar-refractivity contribution in [2.75, 3.05) is 0 Å². The van der Waals surface area contributed by atoms with E-state index in [0.717, 1.165) is 27.1 Å². The molecule has 4 rings (SSSR count). The van der Waals surface area contributed by atoms with E-state index in [9.17, 15) is 4.79 Å². The predicted octanol–water partition coefficient (Wildman–Crippen LogP) is 5.88. The second kappa shape index (κ2) is 8.27. The Hall–Kier alpha value is -2.99. The number of fused-ring (bicyclic) bond motifs is 1. The van der Waals surface area contributed by atoms with Crippen LogP contribution in [-0.2, 0) is 0 Å². The largest absolute Gasteiger partial charge is 0.318 e. The number of hydrogen-bond donors (Lipinski definition) is 0. The number of halogens is 1. The summed E-state index contributed by atoms with van der Waals surface area (Å²) in [7, 11) is 0. The maximum absolute atomic E-state index is 13.2. The van der Waals surface area contributed by atoms with Gasteiger partial charge >= 0.3 is 0 Å². The summed E-state index contributed by atoms with van der Waals surface area (Å²) in [6.45, 7) is 10.3. The first-order valence-electron chi connectivity index (χ1n) is 10.3. The molecule has 6 heteroatoms. The van der Waals surface area contributed by atoms with Crippen molar-refractivity contribution in [3.63, 3.8) is 0 Å². The quantitative estimate of drug-likeness (QED) is 0.345. The molecule has 31 heavy (non-hydrogen) atoms. The van der Waals surface area contributed by atoms with Gasteiger partial charge in [-0.15, -0.1) is 0 Å². The first-order chi connectivity index (χ1) is 14.8. The summed E-state index contributed by atoms with van der Waals surface area (Å²) < 4.78 is 4.47. The monoisotopic (exact) mass is 476 g/mol. The van der Waals surface area contributed by atoms with Gasteiger partial charge < -0.3 is 4.57 Å². The van der Waals surface area contributed by atoms with Crippen molar-refractivity contribution in [1.29, 1.82) is 0 Å². The smallest absolute Gasteiger partial charge is 0.282 e. The average Bonchev–Trinajstić information content (AvgIpc) is 3.01. The number of hydrogen-bond acceptors (Lipinski definition) is 3. The van der Waals surface area contributed by atoms with Crippen LogP contribution in [0.4, 0.5) is 0 Å². The lowest BCUT2D eigenvalue weighted by molar-refractivity contribution is 0.665. The van der Waals surface area contributed by atoms with Crippen LogP contribution in [0.25, 0.3) is 16.6 Å². The topological polar surface area (TPSA) is 52.2 Å². The van der Waals surface area contributed by atoms with E-state index in [4.69, 9.17) is 4.98 Å². The Bertz CT molecular complexity index is 1360. The molecule has 4 aromatic rings. The maximum Gasteiger partial charge on any atom is 0.282 e. The first kappa shape index (κ1) is 21.2. The maximum atomic E-state index is 13.2. The van der Waals surface area contributed by atoms with Crippen LogP contribution in [0.15, 0.2) is 62.9 Å². The molecule has 0 saturated heterocycles. The molecular formula is C25H25BrN4O. The van der Waals surface area contributed by atoms with Crippen LogP contribution >= 0.6 is 15.9 Å². The minimum absolute atomic E-state index is 0.0536. The molecular weight excluding hydrogens is 452 g/mol. The number of nitrogens with zero attached hydrogens (tertiary/aromatic N) is 4. The lowest BCUT2D eigenvalue weighted by Gasteiger charge is -2.12. The second-order valence-electron chi connectivity index (χ2n) is 8.15. The summed E-state index contributed by atoms with van der Waals surface area (Å²) in [5.41, 5.74) is 6.00. The van der Waals surface area contributed by atoms with Crippen molar-refractivity contribution >= 4 is 33.0 Å². The molecule has 0 atom stereocenters. The van der Waals surface area contributed by atoms with E-state index in [2.05, 4.69) is 76.7 Å². The minimum Gasteiger partial charge on any atom is -0.318 e. The van der Waals surface area contributed by atoms with Crippen molar-refractivity contribution in [2.45, 2.75) is 40.5 Å². The molecule has 0 N–H and O–H groups in total. The van der Waals surface area contributed by atoms with Crippen LogP contribution in [-0.4, -0.2) is 20.4 Å². The van der Waals surface area contributed by atoms with E-state index in [1.165, 1.54) is 10.2 Å². The summed E-state index contributed by atoms with van der Waals surface area (Å²) in [6.07, 6.45) is 1.76. The molecule has 158 valence electrons. The number of rotatable bonds is 4. The van der Waals surface area contributed by atoms with Gasteiger partial charge in [0.2, 0.25) is 0 Å². The van der Waals surface area contributed by atoms with Crippen LogP contribution in [0.3, 0.4) is 0 Å². The van der Waals surface area contributed by atoms with Gasteiger partial charge in [0, 0.05) is 33.0 Å². The summed E-state index contributed by atoms with van der Waals surface area (Å²) in [5, 5.41) is 5.13. The number of aryl methyl sites for hydroxylation is 2. The summed E-state index contributed by atoms with van der Waals surface area (Å²) >= 11 is 3.44. The third kappa shape index (κ3) is 4.00. The Labute approximate surface area is 190 Å². The Morgan fingerprint density at radius 3 is 2.42 bits per heavy atom. The lowest BCUT2D eigenvalue weighted by atomic mass is 10.2. The third-order valence-corrected chi connectivity index (χ3v) is 5.92. The van der Waals surface area contributed by atoms with Gasteiger partial charge in [0.15, 0.2) is 0 Å².